The summed E-state index contributed by atoms with van der Waals surface area (Å²) in [4.78, 5) is 2.30. The Kier molecular flexibility index (Phi) is 5.57. The SMILES string of the molecule is CC1=C/Cc2cc(-c3ccccc3C(C)(C)C)ccc2C(C)(C)CN(C)/C=C\1. The van der Waals surface area contributed by atoms with Crippen molar-refractivity contribution in [2.75, 3.05) is 13.6 Å². The summed E-state index contributed by atoms with van der Waals surface area (Å²) in [6, 6.07) is 16.0. The lowest BCUT2D eigenvalue weighted by Gasteiger charge is -2.33. The maximum atomic E-state index is 2.43. The van der Waals surface area contributed by atoms with E-state index in [2.05, 4.69) is 114 Å². The van der Waals surface area contributed by atoms with Gasteiger partial charge in [0.1, 0.15) is 0 Å². The second-order valence-corrected chi connectivity index (χ2v) is 9.93. The largest absolute Gasteiger partial charge is 0.380 e. The van der Waals surface area contributed by atoms with Crippen LogP contribution in [0.4, 0.5) is 0 Å². The molecule has 0 atom stereocenters. The van der Waals surface area contributed by atoms with Crippen molar-refractivity contribution in [1.82, 2.24) is 4.90 Å². The van der Waals surface area contributed by atoms with Gasteiger partial charge in [-0.05, 0) is 58.9 Å². The van der Waals surface area contributed by atoms with Crippen LogP contribution < -0.4 is 0 Å². The summed E-state index contributed by atoms with van der Waals surface area (Å²) in [5.41, 5.74) is 8.51. The fourth-order valence-electron chi connectivity index (χ4n) is 4.32. The minimum absolute atomic E-state index is 0.0928. The van der Waals surface area contributed by atoms with E-state index in [9.17, 15) is 0 Å². The van der Waals surface area contributed by atoms with Gasteiger partial charge in [-0.2, -0.15) is 0 Å². The van der Waals surface area contributed by atoms with Crippen molar-refractivity contribution in [2.45, 2.75) is 58.8 Å². The predicted octanol–water partition coefficient (Wildman–Crippen LogP) is 6.88. The second-order valence-electron chi connectivity index (χ2n) is 9.93. The van der Waals surface area contributed by atoms with Gasteiger partial charge in [0.15, 0.2) is 0 Å². The third-order valence-electron chi connectivity index (χ3n) is 5.76. The van der Waals surface area contributed by atoms with Crippen molar-refractivity contribution < 1.29 is 0 Å². The Morgan fingerprint density at radius 2 is 1.71 bits per heavy atom. The highest BCUT2D eigenvalue weighted by atomic mass is 15.1. The van der Waals surface area contributed by atoms with Crippen molar-refractivity contribution in [3.05, 3.63) is 83.1 Å². The molecule has 0 amide bonds. The summed E-state index contributed by atoms with van der Waals surface area (Å²) in [7, 11) is 2.17. The average molecular weight is 374 g/mol. The zero-order valence-corrected chi connectivity index (χ0v) is 18.6. The average Bonchev–Trinajstić information content (AvgIpc) is 2.63. The molecule has 0 saturated carbocycles. The number of allylic oxidation sites excluding steroid dienone is 3. The molecule has 0 spiro atoms. The summed E-state index contributed by atoms with van der Waals surface area (Å²) >= 11 is 0. The van der Waals surface area contributed by atoms with Crippen molar-refractivity contribution in [2.24, 2.45) is 0 Å². The summed E-state index contributed by atoms with van der Waals surface area (Å²) in [6.45, 7) is 14.8. The van der Waals surface area contributed by atoms with Gasteiger partial charge in [0.25, 0.3) is 0 Å². The van der Waals surface area contributed by atoms with Crippen LogP contribution in [0.15, 0.2) is 66.4 Å². The molecule has 2 aromatic rings. The van der Waals surface area contributed by atoms with E-state index in [0.29, 0.717) is 0 Å². The molecule has 1 aliphatic rings. The fraction of sp³-hybridized carbons (Fsp3) is 0.407. The van der Waals surface area contributed by atoms with Crippen LogP contribution in [-0.2, 0) is 17.3 Å². The van der Waals surface area contributed by atoms with Crippen LogP contribution in [0, 0.1) is 0 Å². The van der Waals surface area contributed by atoms with E-state index < -0.39 is 0 Å². The molecule has 28 heavy (non-hydrogen) atoms. The van der Waals surface area contributed by atoms with Crippen molar-refractivity contribution >= 4 is 0 Å². The summed E-state index contributed by atoms with van der Waals surface area (Å²) in [6.07, 6.45) is 7.75. The molecule has 0 fully saturated rings. The molecule has 0 aliphatic carbocycles. The Balaban J connectivity index is 2.15. The molecule has 0 bridgehead atoms. The maximum absolute atomic E-state index is 2.43. The van der Waals surface area contributed by atoms with E-state index in [1.165, 1.54) is 33.4 Å². The van der Waals surface area contributed by atoms with Crippen LogP contribution in [0.5, 0.6) is 0 Å². The van der Waals surface area contributed by atoms with Crippen molar-refractivity contribution in [3.63, 3.8) is 0 Å². The van der Waals surface area contributed by atoms with Gasteiger partial charge in [-0.1, -0.05) is 88.7 Å². The predicted molar refractivity (Wildman–Crippen MR) is 123 cm³/mol. The summed E-state index contributed by atoms with van der Waals surface area (Å²) in [5.74, 6) is 0. The van der Waals surface area contributed by atoms with Gasteiger partial charge in [0.05, 0.1) is 0 Å². The van der Waals surface area contributed by atoms with E-state index >= 15 is 0 Å². The molecular weight excluding hydrogens is 338 g/mol. The number of hydrogen-bond donors (Lipinski definition) is 0. The highest BCUT2D eigenvalue weighted by Crippen LogP contribution is 2.36. The molecule has 2 aromatic carbocycles. The van der Waals surface area contributed by atoms with Crippen molar-refractivity contribution in [1.29, 1.82) is 0 Å². The van der Waals surface area contributed by atoms with Gasteiger partial charge in [-0.3, -0.25) is 0 Å². The molecule has 1 nitrogen and oxygen atoms in total. The molecule has 0 radical (unpaired) electrons. The van der Waals surface area contributed by atoms with Gasteiger partial charge in [0, 0.05) is 19.0 Å². The normalized spacial score (nSPS) is 20.1. The first kappa shape index (κ1) is 20.5. The number of likely N-dealkylation sites (N-methyl/N-ethyl adjacent to an activating group) is 1. The maximum Gasteiger partial charge on any atom is 0.0261 e. The Morgan fingerprint density at radius 3 is 2.43 bits per heavy atom. The lowest BCUT2D eigenvalue weighted by Crippen LogP contribution is -2.32. The minimum Gasteiger partial charge on any atom is -0.380 e. The Hall–Kier alpha value is -2.28. The molecule has 3 rings (SSSR count). The van der Waals surface area contributed by atoms with Crippen molar-refractivity contribution in [3.8, 4) is 11.1 Å². The Labute approximate surface area is 171 Å². The molecule has 1 heterocycles. The molecule has 0 unspecified atom stereocenters. The Bertz CT molecular complexity index is 906. The number of hydrogen-bond acceptors (Lipinski definition) is 1. The first-order valence-electron chi connectivity index (χ1n) is 10.4. The highest BCUT2D eigenvalue weighted by Gasteiger charge is 2.26. The molecular formula is C27H35N. The number of nitrogens with zero attached hydrogens (tertiary/aromatic N) is 1. The quantitative estimate of drug-likeness (QED) is 0.527. The first-order valence-corrected chi connectivity index (χ1v) is 10.4. The zero-order chi connectivity index (χ0) is 20.5. The van der Waals surface area contributed by atoms with Gasteiger partial charge in [-0.15, -0.1) is 0 Å². The van der Waals surface area contributed by atoms with E-state index in [1.54, 1.807) is 0 Å². The summed E-state index contributed by atoms with van der Waals surface area (Å²) < 4.78 is 0. The van der Waals surface area contributed by atoms with Gasteiger partial charge in [-0.25, -0.2) is 0 Å². The molecule has 0 saturated heterocycles. The monoisotopic (exact) mass is 373 g/mol. The zero-order valence-electron chi connectivity index (χ0n) is 18.6. The van der Waals surface area contributed by atoms with Gasteiger partial charge < -0.3 is 4.90 Å². The third-order valence-corrected chi connectivity index (χ3v) is 5.76. The Morgan fingerprint density at radius 1 is 1.00 bits per heavy atom. The molecule has 1 aliphatic heterocycles. The lowest BCUT2D eigenvalue weighted by molar-refractivity contribution is 0.343. The topological polar surface area (TPSA) is 3.24 Å². The van der Waals surface area contributed by atoms with Crippen LogP contribution in [0.3, 0.4) is 0 Å². The van der Waals surface area contributed by atoms with Crippen LogP contribution >= 0.6 is 0 Å². The molecule has 1 heteroatoms. The van der Waals surface area contributed by atoms with E-state index in [4.69, 9.17) is 0 Å². The van der Waals surface area contributed by atoms with Crippen LogP contribution in [0.25, 0.3) is 11.1 Å². The second kappa shape index (κ2) is 7.62. The van der Waals surface area contributed by atoms with E-state index in [-0.39, 0.29) is 10.8 Å². The van der Waals surface area contributed by atoms with Crippen LogP contribution in [0.2, 0.25) is 0 Å². The fourth-order valence-corrected chi connectivity index (χ4v) is 4.32. The third kappa shape index (κ3) is 4.41. The van der Waals surface area contributed by atoms with Crippen LogP contribution in [-0.4, -0.2) is 18.5 Å². The van der Waals surface area contributed by atoms with E-state index in [0.717, 1.165) is 13.0 Å². The lowest BCUT2D eigenvalue weighted by atomic mass is 9.77. The molecule has 0 aromatic heterocycles. The minimum atomic E-state index is 0.0928. The number of benzene rings is 2. The molecule has 148 valence electrons. The number of rotatable bonds is 1. The van der Waals surface area contributed by atoms with Gasteiger partial charge in [0.2, 0.25) is 0 Å². The summed E-state index contributed by atoms with van der Waals surface area (Å²) in [5, 5.41) is 0. The first-order chi connectivity index (χ1) is 13.1. The highest BCUT2D eigenvalue weighted by molar-refractivity contribution is 5.70. The smallest absolute Gasteiger partial charge is 0.0261 e. The van der Waals surface area contributed by atoms with Crippen LogP contribution in [0.1, 0.15) is 58.2 Å². The number of fused-ring (bicyclic) bond motifs is 1. The standard InChI is InChI=1S/C27H35N/c1-20-12-13-22-18-21(23-10-8-9-11-25(23)26(2,3)4)14-15-24(22)27(5,6)19-28(7)17-16-20/h8-12,14-18H,13,19H2,1-7H3/b17-16-,20-12-. The van der Waals surface area contributed by atoms with E-state index in [1.807, 2.05) is 0 Å². The van der Waals surface area contributed by atoms with Gasteiger partial charge >= 0.3 is 0 Å². The molecule has 0 N–H and O–H groups in total.